The molecule has 1 aromatic heterocycles. The van der Waals surface area contributed by atoms with Crippen molar-refractivity contribution in [2.75, 3.05) is 23.7 Å². The van der Waals surface area contributed by atoms with Crippen molar-refractivity contribution in [3.05, 3.63) is 54.5 Å². The molecule has 9 heteroatoms. The van der Waals surface area contributed by atoms with Gasteiger partial charge in [-0.2, -0.15) is 5.10 Å². The molecule has 1 saturated heterocycles. The Morgan fingerprint density at radius 2 is 1.82 bits per heavy atom. The minimum atomic E-state index is -3.63. The van der Waals surface area contributed by atoms with Crippen molar-refractivity contribution in [2.45, 2.75) is 13.3 Å². The second-order valence-corrected chi connectivity index (χ2v) is 8.55. The molecule has 0 N–H and O–H groups in total. The lowest BCUT2D eigenvalue weighted by molar-refractivity contribution is 0.239. The van der Waals surface area contributed by atoms with Crippen molar-refractivity contribution in [1.82, 2.24) is 14.1 Å². The first-order valence-corrected chi connectivity index (χ1v) is 10.6. The fourth-order valence-corrected chi connectivity index (χ4v) is 4.89. The maximum atomic E-state index is 14.2. The topological polar surface area (TPSA) is 75.5 Å². The number of rotatable bonds is 5. The summed E-state index contributed by atoms with van der Waals surface area (Å²) in [5.74, 6) is -0.478. The summed E-state index contributed by atoms with van der Waals surface area (Å²) >= 11 is 0. The Balaban J connectivity index is 1.75. The first kappa shape index (κ1) is 18.4. The van der Waals surface area contributed by atoms with Crippen molar-refractivity contribution in [1.29, 1.82) is 0 Å². The predicted molar refractivity (Wildman–Crippen MR) is 105 cm³/mol. The fourth-order valence-electron chi connectivity index (χ4n) is 3.45. The highest BCUT2D eigenvalue weighted by atomic mass is 32.2. The molecule has 146 valence electrons. The molecule has 4 rings (SSSR count). The molecule has 2 amide bonds. The van der Waals surface area contributed by atoms with Crippen LogP contribution in [0.5, 0.6) is 0 Å². The molecule has 2 aromatic carbocycles. The number of carbonyl (C=O) groups is 1. The van der Waals surface area contributed by atoms with Crippen molar-refractivity contribution < 1.29 is 17.6 Å². The number of halogens is 1. The van der Waals surface area contributed by atoms with Gasteiger partial charge in [-0.3, -0.25) is 4.90 Å². The number of anilines is 1. The van der Waals surface area contributed by atoms with E-state index in [9.17, 15) is 17.6 Å². The summed E-state index contributed by atoms with van der Waals surface area (Å²) in [6.07, 6.45) is 2.00. The molecular formula is C19H19FN4O3S. The molecule has 0 aliphatic carbocycles. The molecule has 2 heterocycles. The van der Waals surface area contributed by atoms with Crippen molar-refractivity contribution in [3.8, 4) is 5.69 Å². The van der Waals surface area contributed by atoms with Gasteiger partial charge in [-0.25, -0.2) is 26.6 Å². The summed E-state index contributed by atoms with van der Waals surface area (Å²) in [5, 5.41) is 4.93. The summed E-state index contributed by atoms with van der Waals surface area (Å²) in [5.41, 5.74) is 1.49. The van der Waals surface area contributed by atoms with Crippen LogP contribution in [0.3, 0.4) is 0 Å². The molecule has 1 aliphatic rings. The van der Waals surface area contributed by atoms with Crippen LogP contribution in [-0.4, -0.2) is 47.4 Å². The zero-order valence-corrected chi connectivity index (χ0v) is 16.1. The van der Waals surface area contributed by atoms with Crippen LogP contribution >= 0.6 is 0 Å². The van der Waals surface area contributed by atoms with Gasteiger partial charge >= 0.3 is 6.03 Å². The highest BCUT2D eigenvalue weighted by Gasteiger charge is 2.37. The molecule has 28 heavy (non-hydrogen) atoms. The van der Waals surface area contributed by atoms with Crippen LogP contribution in [0.2, 0.25) is 0 Å². The lowest BCUT2D eigenvalue weighted by Crippen LogP contribution is -2.37. The third-order valence-electron chi connectivity index (χ3n) is 4.73. The standard InChI is InChI=1S/C19H19FN4O3S/c1-2-12-28(26,27)23-11-10-22(19(23)25)16-8-5-9-17-14(16)13-21-24(17)18-7-4-3-6-15(18)20/h3-9,13H,2,10-12H2,1H3. The van der Waals surface area contributed by atoms with Gasteiger partial charge in [0.2, 0.25) is 10.0 Å². The Morgan fingerprint density at radius 3 is 2.57 bits per heavy atom. The van der Waals surface area contributed by atoms with E-state index in [4.69, 9.17) is 0 Å². The van der Waals surface area contributed by atoms with Gasteiger partial charge in [0.15, 0.2) is 0 Å². The Labute approximate surface area is 162 Å². The molecule has 0 saturated carbocycles. The van der Waals surface area contributed by atoms with E-state index < -0.39 is 21.9 Å². The molecule has 0 unspecified atom stereocenters. The number of carbonyl (C=O) groups excluding carboxylic acids is 1. The number of benzene rings is 2. The first-order valence-electron chi connectivity index (χ1n) is 8.97. The predicted octanol–water partition coefficient (Wildman–Crippen LogP) is 3.15. The Morgan fingerprint density at radius 1 is 1.07 bits per heavy atom. The third-order valence-corrected chi connectivity index (χ3v) is 6.67. The lowest BCUT2D eigenvalue weighted by Gasteiger charge is -2.19. The molecule has 0 atom stereocenters. The van der Waals surface area contributed by atoms with Gasteiger partial charge in [0, 0.05) is 11.9 Å². The average molecular weight is 402 g/mol. The zero-order valence-electron chi connectivity index (χ0n) is 15.2. The monoisotopic (exact) mass is 402 g/mol. The van der Waals surface area contributed by atoms with Gasteiger partial charge in [-0.15, -0.1) is 0 Å². The number of hydrogen-bond donors (Lipinski definition) is 0. The highest BCUT2D eigenvalue weighted by Crippen LogP contribution is 2.31. The fraction of sp³-hybridized carbons (Fsp3) is 0.263. The van der Waals surface area contributed by atoms with Crippen LogP contribution < -0.4 is 4.90 Å². The van der Waals surface area contributed by atoms with Crippen molar-refractivity contribution in [2.24, 2.45) is 0 Å². The SMILES string of the molecule is CCCS(=O)(=O)N1CCN(c2cccc3c2cnn3-c2ccccc2F)C1=O. The normalized spacial score (nSPS) is 15.0. The summed E-state index contributed by atoms with van der Waals surface area (Å²) in [7, 11) is -3.63. The second kappa shape index (κ2) is 6.90. The van der Waals surface area contributed by atoms with Crippen molar-refractivity contribution >= 4 is 32.6 Å². The van der Waals surface area contributed by atoms with E-state index in [0.29, 0.717) is 28.7 Å². The van der Waals surface area contributed by atoms with Gasteiger partial charge in [0.25, 0.3) is 0 Å². The van der Waals surface area contributed by atoms with E-state index in [-0.39, 0.29) is 18.8 Å². The number of urea groups is 1. The van der Waals surface area contributed by atoms with E-state index in [1.807, 2.05) is 0 Å². The minimum Gasteiger partial charge on any atom is -0.291 e. The summed E-state index contributed by atoms with van der Waals surface area (Å²) in [6.45, 7) is 2.12. The maximum Gasteiger partial charge on any atom is 0.338 e. The van der Waals surface area contributed by atoms with Crippen LogP contribution in [0.15, 0.2) is 48.7 Å². The number of sulfonamides is 1. The van der Waals surface area contributed by atoms with Gasteiger partial charge in [0.1, 0.15) is 11.5 Å². The largest absolute Gasteiger partial charge is 0.338 e. The first-order chi connectivity index (χ1) is 13.4. The molecule has 7 nitrogen and oxygen atoms in total. The van der Waals surface area contributed by atoms with Crippen LogP contribution in [-0.2, 0) is 10.0 Å². The average Bonchev–Trinajstić information content (AvgIpc) is 3.26. The lowest BCUT2D eigenvalue weighted by atomic mass is 10.2. The van der Waals surface area contributed by atoms with E-state index >= 15 is 0 Å². The van der Waals surface area contributed by atoms with Gasteiger partial charge in [-0.05, 0) is 30.7 Å². The molecule has 1 aliphatic heterocycles. The summed E-state index contributed by atoms with van der Waals surface area (Å²) < 4.78 is 41.3. The number of aromatic nitrogens is 2. The summed E-state index contributed by atoms with van der Waals surface area (Å²) in [6, 6.07) is 11.0. The number of nitrogens with zero attached hydrogens (tertiary/aromatic N) is 4. The van der Waals surface area contributed by atoms with Crippen LogP contribution in [0.1, 0.15) is 13.3 Å². The zero-order chi connectivity index (χ0) is 19.9. The molecule has 3 aromatic rings. The second-order valence-electron chi connectivity index (χ2n) is 6.54. The molecule has 0 bridgehead atoms. The van der Waals surface area contributed by atoms with Crippen LogP contribution in [0, 0.1) is 5.82 Å². The molecular weight excluding hydrogens is 383 g/mol. The quantitative estimate of drug-likeness (QED) is 0.657. The Hall–Kier alpha value is -2.94. The van der Waals surface area contributed by atoms with Crippen LogP contribution in [0.25, 0.3) is 16.6 Å². The van der Waals surface area contributed by atoms with Crippen LogP contribution in [0.4, 0.5) is 14.9 Å². The molecule has 0 spiro atoms. The van der Waals surface area contributed by atoms with Crippen molar-refractivity contribution in [3.63, 3.8) is 0 Å². The van der Waals surface area contributed by atoms with E-state index in [1.54, 1.807) is 49.5 Å². The van der Waals surface area contributed by atoms with Gasteiger partial charge in [-0.1, -0.05) is 25.1 Å². The number of para-hydroxylation sites is 1. The minimum absolute atomic E-state index is 0.0675. The van der Waals surface area contributed by atoms with Gasteiger partial charge in [0.05, 0.1) is 29.7 Å². The Kier molecular flexibility index (Phi) is 4.54. The number of fused-ring (bicyclic) bond motifs is 1. The highest BCUT2D eigenvalue weighted by molar-refractivity contribution is 7.89. The van der Waals surface area contributed by atoms with E-state index in [0.717, 1.165) is 4.31 Å². The molecule has 0 radical (unpaired) electrons. The van der Waals surface area contributed by atoms with E-state index in [2.05, 4.69) is 5.10 Å². The smallest absolute Gasteiger partial charge is 0.291 e. The Bertz CT molecular complexity index is 1160. The number of hydrogen-bond acceptors (Lipinski definition) is 4. The maximum absolute atomic E-state index is 14.2. The molecule has 1 fully saturated rings. The van der Waals surface area contributed by atoms with Gasteiger partial charge < -0.3 is 0 Å². The number of amides is 2. The third kappa shape index (κ3) is 2.91. The van der Waals surface area contributed by atoms with E-state index in [1.165, 1.54) is 15.6 Å². The summed E-state index contributed by atoms with van der Waals surface area (Å²) in [4.78, 5) is 14.2.